The van der Waals surface area contributed by atoms with Crippen molar-refractivity contribution in [3.8, 4) is 0 Å². The van der Waals surface area contributed by atoms with Crippen LogP contribution in [0.5, 0.6) is 0 Å². The molecule has 1 aliphatic heterocycles. The maximum absolute atomic E-state index is 6.21. The molecule has 0 aromatic heterocycles. The summed E-state index contributed by atoms with van der Waals surface area (Å²) in [6.07, 6.45) is 1.08. The van der Waals surface area contributed by atoms with Gasteiger partial charge in [0.05, 0.1) is 22.2 Å². The average molecular weight is 275 g/mol. The predicted molar refractivity (Wildman–Crippen MR) is 70.0 cm³/mol. The maximum atomic E-state index is 6.21. The molecular weight excluding hydrogens is 259 g/mol. The number of hydrogen-bond acceptors (Lipinski definition) is 3. The minimum atomic E-state index is -0.126. The van der Waals surface area contributed by atoms with E-state index in [0.29, 0.717) is 16.0 Å². The second-order valence-corrected chi connectivity index (χ2v) is 5.17. The van der Waals surface area contributed by atoms with Gasteiger partial charge in [0.2, 0.25) is 0 Å². The van der Waals surface area contributed by atoms with Gasteiger partial charge in [0.25, 0.3) is 0 Å². The lowest BCUT2D eigenvalue weighted by molar-refractivity contribution is 0.0607. The first kappa shape index (κ1) is 13.1. The zero-order valence-corrected chi connectivity index (χ0v) is 11.1. The van der Waals surface area contributed by atoms with Gasteiger partial charge in [-0.2, -0.15) is 0 Å². The average Bonchev–Trinajstić information content (AvgIpc) is 2.72. The molecule has 0 spiro atoms. The Labute approximate surface area is 111 Å². The van der Waals surface area contributed by atoms with Crippen LogP contribution in [0.3, 0.4) is 0 Å². The van der Waals surface area contributed by atoms with Crippen LogP contribution in [0.2, 0.25) is 10.0 Å². The molecule has 0 amide bonds. The van der Waals surface area contributed by atoms with Crippen LogP contribution in [-0.4, -0.2) is 12.7 Å². The lowest BCUT2D eigenvalue weighted by atomic mass is 9.93. The van der Waals surface area contributed by atoms with Gasteiger partial charge in [0.15, 0.2) is 0 Å². The van der Waals surface area contributed by atoms with Crippen molar-refractivity contribution in [3.05, 3.63) is 33.8 Å². The fourth-order valence-corrected chi connectivity index (χ4v) is 2.69. The molecule has 1 aliphatic rings. The highest BCUT2D eigenvalue weighted by atomic mass is 35.5. The topological polar surface area (TPSA) is 47.3 Å². The van der Waals surface area contributed by atoms with E-state index in [1.165, 1.54) is 0 Å². The summed E-state index contributed by atoms with van der Waals surface area (Å²) in [6.45, 7) is 2.92. The van der Waals surface area contributed by atoms with E-state index in [-0.39, 0.29) is 12.1 Å². The van der Waals surface area contributed by atoms with E-state index >= 15 is 0 Å². The van der Waals surface area contributed by atoms with Gasteiger partial charge < -0.3 is 4.74 Å². The predicted octanol–water partition coefficient (Wildman–Crippen LogP) is 2.92. The fourth-order valence-electron chi connectivity index (χ4n) is 2.27. The molecule has 3 unspecified atom stereocenters. The number of halogens is 2. The van der Waals surface area contributed by atoms with E-state index in [9.17, 15) is 0 Å². The number of nitrogens with one attached hydrogen (secondary N) is 1. The number of hydrogen-bond donors (Lipinski definition) is 2. The summed E-state index contributed by atoms with van der Waals surface area (Å²) in [7, 11) is 0. The summed E-state index contributed by atoms with van der Waals surface area (Å²) in [4.78, 5) is 0. The number of rotatable bonds is 3. The molecule has 0 aliphatic carbocycles. The quantitative estimate of drug-likeness (QED) is 0.658. The Balaban J connectivity index is 2.31. The molecule has 94 valence electrons. The molecule has 1 heterocycles. The largest absolute Gasteiger partial charge is 0.376 e. The minimum absolute atomic E-state index is 0.0379. The molecule has 3 N–H and O–H groups in total. The van der Waals surface area contributed by atoms with Crippen molar-refractivity contribution in [1.82, 2.24) is 5.43 Å². The first-order valence-electron chi connectivity index (χ1n) is 5.66. The Bertz CT molecular complexity index is 400. The molecule has 1 fully saturated rings. The van der Waals surface area contributed by atoms with E-state index in [2.05, 4.69) is 12.3 Å². The molecule has 1 saturated heterocycles. The number of hydrazine groups is 1. The van der Waals surface area contributed by atoms with Crippen molar-refractivity contribution in [2.45, 2.75) is 25.5 Å². The van der Waals surface area contributed by atoms with Crippen molar-refractivity contribution >= 4 is 23.2 Å². The highest BCUT2D eigenvalue weighted by Gasteiger charge is 2.33. The molecule has 17 heavy (non-hydrogen) atoms. The van der Waals surface area contributed by atoms with Gasteiger partial charge in [-0.25, -0.2) is 0 Å². The summed E-state index contributed by atoms with van der Waals surface area (Å²) in [5, 5.41) is 1.08. The second-order valence-electron chi connectivity index (χ2n) is 4.39. The fraction of sp³-hybridized carbons (Fsp3) is 0.500. The van der Waals surface area contributed by atoms with Gasteiger partial charge in [-0.3, -0.25) is 11.3 Å². The molecule has 3 nitrogen and oxygen atoms in total. The number of ether oxygens (including phenoxy) is 1. The molecule has 0 saturated carbocycles. The SMILES string of the molecule is CC1CCOC1C(NN)c1cccc(Cl)c1Cl. The van der Waals surface area contributed by atoms with Crippen molar-refractivity contribution in [1.29, 1.82) is 0 Å². The smallest absolute Gasteiger partial charge is 0.0809 e. The van der Waals surface area contributed by atoms with E-state index in [4.69, 9.17) is 33.8 Å². The molecule has 1 aromatic rings. The third-order valence-corrected chi connectivity index (χ3v) is 4.10. The van der Waals surface area contributed by atoms with Crippen LogP contribution in [0.1, 0.15) is 24.9 Å². The number of benzene rings is 1. The van der Waals surface area contributed by atoms with Crippen LogP contribution in [0.4, 0.5) is 0 Å². The Hall–Kier alpha value is -0.320. The second kappa shape index (κ2) is 5.55. The van der Waals surface area contributed by atoms with Gasteiger partial charge in [0, 0.05) is 6.61 Å². The van der Waals surface area contributed by atoms with E-state index < -0.39 is 0 Å². The summed E-state index contributed by atoms with van der Waals surface area (Å²) in [6, 6.07) is 5.43. The maximum Gasteiger partial charge on any atom is 0.0809 e. The lowest BCUT2D eigenvalue weighted by Gasteiger charge is -2.26. The van der Waals surface area contributed by atoms with Gasteiger partial charge in [0.1, 0.15) is 0 Å². The molecule has 2 rings (SSSR count). The monoisotopic (exact) mass is 274 g/mol. The minimum Gasteiger partial charge on any atom is -0.376 e. The van der Waals surface area contributed by atoms with Gasteiger partial charge in [-0.15, -0.1) is 0 Å². The molecule has 0 radical (unpaired) electrons. The highest BCUT2D eigenvalue weighted by Crippen LogP contribution is 2.36. The first-order valence-corrected chi connectivity index (χ1v) is 6.42. The molecule has 1 aromatic carbocycles. The van der Waals surface area contributed by atoms with Gasteiger partial charge in [-0.1, -0.05) is 42.3 Å². The summed E-state index contributed by atoms with van der Waals surface area (Å²) < 4.78 is 5.72. The number of nitrogens with two attached hydrogens (primary N) is 1. The van der Waals surface area contributed by atoms with Crippen molar-refractivity contribution < 1.29 is 4.74 Å². The Kier molecular flexibility index (Phi) is 4.28. The van der Waals surface area contributed by atoms with Crippen LogP contribution in [0.25, 0.3) is 0 Å². The lowest BCUT2D eigenvalue weighted by Crippen LogP contribution is -2.38. The van der Waals surface area contributed by atoms with Gasteiger partial charge >= 0.3 is 0 Å². The summed E-state index contributed by atoms with van der Waals surface area (Å²) in [5.74, 6) is 6.08. The highest BCUT2D eigenvalue weighted by molar-refractivity contribution is 6.42. The van der Waals surface area contributed by atoms with E-state index in [1.807, 2.05) is 12.1 Å². The molecule has 5 heteroatoms. The van der Waals surface area contributed by atoms with Crippen LogP contribution in [0.15, 0.2) is 18.2 Å². The molecule has 0 bridgehead atoms. The van der Waals surface area contributed by atoms with Crippen molar-refractivity contribution in [2.24, 2.45) is 11.8 Å². The van der Waals surface area contributed by atoms with E-state index in [1.54, 1.807) is 6.07 Å². The first-order chi connectivity index (χ1) is 8.15. The van der Waals surface area contributed by atoms with Crippen LogP contribution in [-0.2, 0) is 4.74 Å². The normalized spacial score (nSPS) is 26.1. The molecular formula is C12H16Cl2N2O. The summed E-state index contributed by atoms with van der Waals surface area (Å²) >= 11 is 12.2. The van der Waals surface area contributed by atoms with Crippen LogP contribution < -0.4 is 11.3 Å². The third-order valence-electron chi connectivity index (χ3n) is 3.27. The zero-order chi connectivity index (χ0) is 12.4. The van der Waals surface area contributed by atoms with Crippen molar-refractivity contribution in [3.63, 3.8) is 0 Å². The standard InChI is InChI=1S/C12H16Cl2N2O/c1-7-5-6-17-12(7)11(16-15)8-3-2-4-9(13)10(8)14/h2-4,7,11-12,16H,5-6,15H2,1H3. The van der Waals surface area contributed by atoms with Crippen molar-refractivity contribution in [2.75, 3.05) is 6.61 Å². The Morgan fingerprint density at radius 2 is 2.24 bits per heavy atom. The Morgan fingerprint density at radius 3 is 2.82 bits per heavy atom. The van der Waals surface area contributed by atoms with Gasteiger partial charge in [-0.05, 0) is 24.0 Å². The van der Waals surface area contributed by atoms with Crippen LogP contribution in [0, 0.1) is 5.92 Å². The van der Waals surface area contributed by atoms with E-state index in [0.717, 1.165) is 18.6 Å². The zero-order valence-electron chi connectivity index (χ0n) is 9.62. The van der Waals surface area contributed by atoms with Crippen LogP contribution >= 0.6 is 23.2 Å². The molecule has 3 atom stereocenters. The Morgan fingerprint density at radius 1 is 1.47 bits per heavy atom. The summed E-state index contributed by atoms with van der Waals surface area (Å²) in [5.41, 5.74) is 3.68. The third kappa shape index (κ3) is 2.59.